The summed E-state index contributed by atoms with van der Waals surface area (Å²) in [5, 5.41) is 27.5. The topological polar surface area (TPSA) is 164 Å². The lowest BCUT2D eigenvalue weighted by Crippen LogP contribution is -2.27. The van der Waals surface area contributed by atoms with Gasteiger partial charge in [-0.3, -0.25) is 0 Å². The third-order valence-electron chi connectivity index (χ3n) is 5.51. The van der Waals surface area contributed by atoms with Crippen LogP contribution in [-0.2, 0) is 16.6 Å². The standard InChI is InChI=1S/C24H24ClN5O6S/c1-29(14-15-6-2-5-9-21(15)36-11-10-26)37(34,35)22-12-16(19(31)13-20(22)32)23-27-28-24(33)30(23)18-8-4-3-7-17(18)25/h2-9,12-13,31-32H,10-11,14,26H2,1H3,(H,28,33). The van der Waals surface area contributed by atoms with Crippen molar-refractivity contribution >= 4 is 21.6 Å². The number of phenols is 2. The number of para-hydroxylation sites is 2. The molecule has 13 heteroatoms. The fourth-order valence-electron chi connectivity index (χ4n) is 3.71. The smallest absolute Gasteiger partial charge is 0.348 e. The highest BCUT2D eigenvalue weighted by Crippen LogP contribution is 2.38. The molecule has 0 saturated carbocycles. The molecule has 0 aliphatic carbocycles. The highest BCUT2D eigenvalue weighted by molar-refractivity contribution is 7.89. The maximum absolute atomic E-state index is 13.5. The van der Waals surface area contributed by atoms with Gasteiger partial charge < -0.3 is 20.7 Å². The van der Waals surface area contributed by atoms with E-state index in [1.807, 2.05) is 0 Å². The van der Waals surface area contributed by atoms with E-state index >= 15 is 0 Å². The molecule has 0 radical (unpaired) electrons. The van der Waals surface area contributed by atoms with E-state index < -0.39 is 32.1 Å². The zero-order chi connectivity index (χ0) is 26.7. The van der Waals surface area contributed by atoms with Gasteiger partial charge in [0.25, 0.3) is 0 Å². The summed E-state index contributed by atoms with van der Waals surface area (Å²) in [7, 11) is -2.95. The van der Waals surface area contributed by atoms with Gasteiger partial charge in [0, 0.05) is 31.8 Å². The monoisotopic (exact) mass is 545 g/mol. The summed E-state index contributed by atoms with van der Waals surface area (Å²) in [6, 6.07) is 15.3. The fourth-order valence-corrected chi connectivity index (χ4v) is 5.17. The van der Waals surface area contributed by atoms with Crippen molar-refractivity contribution in [1.82, 2.24) is 19.1 Å². The van der Waals surface area contributed by atoms with E-state index in [1.54, 1.807) is 48.5 Å². The predicted molar refractivity (Wildman–Crippen MR) is 138 cm³/mol. The maximum atomic E-state index is 13.5. The number of phenolic OH excluding ortho intramolecular Hbond substituents is 2. The third kappa shape index (κ3) is 5.18. The van der Waals surface area contributed by atoms with Crippen molar-refractivity contribution in [3.63, 3.8) is 0 Å². The summed E-state index contributed by atoms with van der Waals surface area (Å²) in [4.78, 5) is 12.1. The first kappa shape index (κ1) is 26.2. The zero-order valence-electron chi connectivity index (χ0n) is 19.6. The van der Waals surface area contributed by atoms with Crippen molar-refractivity contribution in [3.05, 3.63) is 81.7 Å². The van der Waals surface area contributed by atoms with Crippen molar-refractivity contribution in [2.75, 3.05) is 20.2 Å². The molecule has 1 aromatic heterocycles. The van der Waals surface area contributed by atoms with Crippen LogP contribution in [0.1, 0.15) is 5.56 Å². The number of sulfonamides is 1. The lowest BCUT2D eigenvalue weighted by atomic mass is 10.1. The molecule has 5 N–H and O–H groups in total. The third-order valence-corrected chi connectivity index (χ3v) is 7.67. The average molecular weight is 546 g/mol. The molecule has 0 aliphatic heterocycles. The minimum Gasteiger partial charge on any atom is -0.507 e. The molecule has 4 rings (SSSR count). The summed E-state index contributed by atoms with van der Waals surface area (Å²) in [6.45, 7) is 0.469. The Kier molecular flexibility index (Phi) is 7.55. The largest absolute Gasteiger partial charge is 0.507 e. The van der Waals surface area contributed by atoms with E-state index in [-0.39, 0.29) is 35.2 Å². The fraction of sp³-hybridized carbons (Fsp3) is 0.167. The number of hydrogen-bond acceptors (Lipinski definition) is 8. The molecule has 37 heavy (non-hydrogen) atoms. The molecule has 0 aliphatic rings. The number of aromatic amines is 1. The van der Waals surface area contributed by atoms with Gasteiger partial charge in [-0.25, -0.2) is 22.9 Å². The van der Waals surface area contributed by atoms with E-state index in [9.17, 15) is 23.4 Å². The molecule has 3 aromatic carbocycles. The Morgan fingerprint density at radius 2 is 1.81 bits per heavy atom. The van der Waals surface area contributed by atoms with E-state index in [0.29, 0.717) is 17.9 Å². The highest BCUT2D eigenvalue weighted by atomic mass is 35.5. The summed E-state index contributed by atoms with van der Waals surface area (Å²) in [5.41, 5.74) is 5.58. The Bertz CT molecular complexity index is 1600. The van der Waals surface area contributed by atoms with Crippen LogP contribution in [0.3, 0.4) is 0 Å². The molecule has 0 saturated heterocycles. The number of aromatic nitrogens is 3. The van der Waals surface area contributed by atoms with E-state index in [4.69, 9.17) is 22.1 Å². The quantitative estimate of drug-likeness (QED) is 0.249. The number of ether oxygens (including phenoxy) is 1. The molecule has 1 heterocycles. The number of H-pyrrole nitrogens is 1. The van der Waals surface area contributed by atoms with Crippen molar-refractivity contribution < 1.29 is 23.4 Å². The summed E-state index contributed by atoms with van der Waals surface area (Å²) < 4.78 is 34.7. The maximum Gasteiger partial charge on any atom is 0.348 e. The van der Waals surface area contributed by atoms with Crippen LogP contribution in [0.2, 0.25) is 5.02 Å². The number of aromatic hydroxyl groups is 2. The molecule has 0 fully saturated rings. The molecule has 194 valence electrons. The van der Waals surface area contributed by atoms with Crippen molar-refractivity contribution in [2.45, 2.75) is 11.4 Å². The average Bonchev–Trinajstić information content (AvgIpc) is 3.24. The van der Waals surface area contributed by atoms with Gasteiger partial charge in [-0.2, -0.15) is 9.40 Å². The molecule has 0 bridgehead atoms. The molecule has 0 atom stereocenters. The molecule has 4 aromatic rings. The number of rotatable bonds is 9. The molecule has 0 amide bonds. The van der Waals surface area contributed by atoms with Gasteiger partial charge in [0.05, 0.1) is 16.3 Å². The predicted octanol–water partition coefficient (Wildman–Crippen LogP) is 2.45. The number of hydrogen-bond donors (Lipinski definition) is 4. The van der Waals surface area contributed by atoms with Gasteiger partial charge >= 0.3 is 5.69 Å². The highest BCUT2D eigenvalue weighted by Gasteiger charge is 2.29. The lowest BCUT2D eigenvalue weighted by molar-refractivity contribution is 0.321. The Labute approximate surface area is 217 Å². The zero-order valence-corrected chi connectivity index (χ0v) is 21.2. The van der Waals surface area contributed by atoms with E-state index in [0.717, 1.165) is 21.0 Å². The van der Waals surface area contributed by atoms with Crippen molar-refractivity contribution in [3.8, 4) is 34.3 Å². The minimum absolute atomic E-state index is 0.0779. The lowest BCUT2D eigenvalue weighted by Gasteiger charge is -2.20. The number of halogens is 1. The van der Waals surface area contributed by atoms with Crippen LogP contribution < -0.4 is 16.2 Å². The summed E-state index contributed by atoms with van der Waals surface area (Å²) >= 11 is 6.26. The molecule has 0 unspecified atom stereocenters. The second-order valence-electron chi connectivity index (χ2n) is 7.98. The van der Waals surface area contributed by atoms with Gasteiger partial charge in [-0.05, 0) is 24.3 Å². The molecule has 11 nitrogen and oxygen atoms in total. The van der Waals surface area contributed by atoms with Crippen LogP contribution in [0.4, 0.5) is 0 Å². The van der Waals surface area contributed by atoms with Crippen LogP contribution >= 0.6 is 11.6 Å². The van der Waals surface area contributed by atoms with E-state index in [2.05, 4.69) is 10.2 Å². The molecule has 0 spiro atoms. The van der Waals surface area contributed by atoms with Crippen LogP contribution in [0.5, 0.6) is 17.2 Å². The van der Waals surface area contributed by atoms with Crippen LogP contribution in [0.25, 0.3) is 17.1 Å². The Hall–Kier alpha value is -3.84. The van der Waals surface area contributed by atoms with Gasteiger partial charge in [0.15, 0.2) is 5.82 Å². The van der Waals surface area contributed by atoms with Gasteiger partial charge in [-0.15, -0.1) is 0 Å². The first-order valence-corrected chi connectivity index (χ1v) is 12.8. The normalized spacial score (nSPS) is 11.7. The molecular formula is C24H24ClN5O6S. The number of nitrogens with two attached hydrogens (primary N) is 1. The second kappa shape index (κ2) is 10.6. The number of nitrogens with one attached hydrogen (secondary N) is 1. The van der Waals surface area contributed by atoms with Gasteiger partial charge in [0.2, 0.25) is 10.0 Å². The first-order chi connectivity index (χ1) is 17.6. The van der Waals surface area contributed by atoms with Gasteiger partial charge in [0.1, 0.15) is 28.8 Å². The number of nitrogens with zero attached hydrogens (tertiary/aromatic N) is 3. The van der Waals surface area contributed by atoms with E-state index in [1.165, 1.54) is 7.05 Å². The van der Waals surface area contributed by atoms with Crippen molar-refractivity contribution in [2.24, 2.45) is 5.73 Å². The first-order valence-electron chi connectivity index (χ1n) is 11.0. The van der Waals surface area contributed by atoms with Crippen LogP contribution in [-0.4, -0.2) is 57.9 Å². The minimum atomic E-state index is -4.29. The van der Waals surface area contributed by atoms with Crippen molar-refractivity contribution in [1.29, 1.82) is 0 Å². The molecular weight excluding hydrogens is 522 g/mol. The van der Waals surface area contributed by atoms with Crippen LogP contribution in [0.15, 0.2) is 70.4 Å². The summed E-state index contributed by atoms with van der Waals surface area (Å²) in [6.07, 6.45) is 0. The van der Waals surface area contributed by atoms with Crippen LogP contribution in [0, 0.1) is 0 Å². The Morgan fingerprint density at radius 1 is 1.11 bits per heavy atom. The number of benzene rings is 3. The second-order valence-corrected chi connectivity index (χ2v) is 10.4. The SMILES string of the molecule is CN(Cc1ccccc1OCCN)S(=O)(=O)c1cc(-c2n[nH]c(=O)n2-c2ccccc2Cl)c(O)cc1O. The summed E-state index contributed by atoms with van der Waals surface area (Å²) in [5.74, 6) is -0.795. The van der Waals surface area contributed by atoms with Gasteiger partial charge in [-0.1, -0.05) is 41.9 Å². The Balaban J connectivity index is 1.77. The Morgan fingerprint density at radius 3 is 2.54 bits per heavy atom.